The van der Waals surface area contributed by atoms with Gasteiger partial charge in [0.25, 0.3) is 0 Å². The van der Waals surface area contributed by atoms with Crippen LogP contribution in [0.2, 0.25) is 0 Å². The van der Waals surface area contributed by atoms with E-state index in [2.05, 4.69) is 216 Å². The van der Waals surface area contributed by atoms with E-state index in [1.165, 1.54) is 80.7 Å². The van der Waals surface area contributed by atoms with Crippen molar-refractivity contribution in [2.45, 2.75) is 0 Å². The van der Waals surface area contributed by atoms with Crippen molar-refractivity contribution in [3.8, 4) is 27.9 Å². The van der Waals surface area contributed by atoms with Crippen LogP contribution >= 0.6 is 11.3 Å². The normalized spacial score (nSPS) is 11.6. The van der Waals surface area contributed by atoms with E-state index in [9.17, 15) is 0 Å². The largest absolute Gasteiger partial charge is 0.310 e. The van der Waals surface area contributed by atoms with Gasteiger partial charge in [0.15, 0.2) is 0 Å². The molecule has 0 saturated heterocycles. The maximum Gasteiger partial charge on any atom is 0.0541 e. The second-order valence-electron chi connectivity index (χ2n) is 14.2. The van der Waals surface area contributed by atoms with Gasteiger partial charge in [-0.2, -0.15) is 0 Å². The highest BCUT2D eigenvalue weighted by molar-refractivity contribution is 7.25. The van der Waals surface area contributed by atoms with Gasteiger partial charge in [-0.1, -0.05) is 121 Å². The number of anilines is 3. The molecule has 55 heavy (non-hydrogen) atoms. The zero-order chi connectivity index (χ0) is 36.3. The van der Waals surface area contributed by atoms with Crippen molar-refractivity contribution >= 4 is 81.1 Å². The molecule has 0 N–H and O–H groups in total. The molecule has 0 saturated carbocycles. The van der Waals surface area contributed by atoms with Gasteiger partial charge in [-0.05, 0) is 118 Å². The molecule has 2 aromatic heterocycles. The smallest absolute Gasteiger partial charge is 0.0541 e. The monoisotopic (exact) mass is 718 g/mol. The molecule has 0 aliphatic heterocycles. The molecule has 0 spiro atoms. The predicted molar refractivity (Wildman–Crippen MR) is 237 cm³/mol. The van der Waals surface area contributed by atoms with Crippen LogP contribution in [0.25, 0.3) is 80.7 Å². The highest BCUT2D eigenvalue weighted by Crippen LogP contribution is 2.42. The Morgan fingerprint density at radius 1 is 0.327 bits per heavy atom. The van der Waals surface area contributed by atoms with Crippen LogP contribution in [0.5, 0.6) is 0 Å². The molecule has 9 aromatic carbocycles. The first-order valence-electron chi connectivity index (χ1n) is 18.7. The molecule has 0 fully saturated rings. The van der Waals surface area contributed by atoms with Crippen LogP contribution in [-0.4, -0.2) is 4.57 Å². The zero-order valence-electron chi connectivity index (χ0n) is 29.9. The van der Waals surface area contributed by atoms with Gasteiger partial charge in [0.05, 0.1) is 11.0 Å². The first-order valence-corrected chi connectivity index (χ1v) is 19.6. The number of hydrogen-bond acceptors (Lipinski definition) is 2. The van der Waals surface area contributed by atoms with E-state index in [4.69, 9.17) is 0 Å². The minimum absolute atomic E-state index is 1.11. The molecule has 0 amide bonds. The lowest BCUT2D eigenvalue weighted by atomic mass is 10.0. The Morgan fingerprint density at radius 2 is 0.891 bits per heavy atom. The molecule has 0 radical (unpaired) electrons. The van der Waals surface area contributed by atoms with E-state index in [1.54, 1.807) is 0 Å². The summed E-state index contributed by atoms with van der Waals surface area (Å²) in [5.41, 5.74) is 11.8. The second-order valence-corrected chi connectivity index (χ2v) is 15.3. The summed E-state index contributed by atoms with van der Waals surface area (Å²) in [5.74, 6) is 0. The minimum atomic E-state index is 1.11. The van der Waals surface area contributed by atoms with E-state index in [0.29, 0.717) is 0 Å². The number of benzene rings is 9. The quantitative estimate of drug-likeness (QED) is 0.166. The second kappa shape index (κ2) is 12.9. The molecule has 11 rings (SSSR count). The fourth-order valence-corrected chi connectivity index (χ4v) is 9.37. The van der Waals surface area contributed by atoms with Gasteiger partial charge < -0.3 is 9.47 Å². The molecule has 0 atom stereocenters. The molecule has 2 heterocycles. The topological polar surface area (TPSA) is 8.17 Å². The molecule has 0 bridgehead atoms. The molecular weight excluding hydrogens is 685 g/mol. The maximum absolute atomic E-state index is 2.39. The van der Waals surface area contributed by atoms with E-state index < -0.39 is 0 Å². The van der Waals surface area contributed by atoms with E-state index in [0.717, 1.165) is 17.1 Å². The first kappa shape index (κ1) is 31.6. The molecule has 0 aliphatic rings. The molecule has 3 heteroatoms. The number of rotatable bonds is 6. The molecule has 258 valence electrons. The van der Waals surface area contributed by atoms with Gasteiger partial charge >= 0.3 is 0 Å². The SMILES string of the molecule is c1ccc(-n2c3ccccc3c3cc(-c4ccc(N(c5ccc(-c6ccc7ccccc7c6)cc5)c5ccc6sc7ccccc7c6c5)cc4)ccc32)cc1. The summed E-state index contributed by atoms with van der Waals surface area (Å²) < 4.78 is 4.99. The third kappa shape index (κ3) is 5.40. The Hall–Kier alpha value is -6.94. The number of hydrogen-bond donors (Lipinski definition) is 0. The summed E-state index contributed by atoms with van der Waals surface area (Å²) >= 11 is 1.85. The van der Waals surface area contributed by atoms with Crippen LogP contribution in [-0.2, 0) is 0 Å². The van der Waals surface area contributed by atoms with Crippen molar-refractivity contribution in [3.05, 3.63) is 206 Å². The standard InChI is InChI=1S/C52H34N2S/c1-2-12-41(13-3-1)54-49-16-8-6-14-45(49)47-33-40(24-30-50(47)54)37-22-27-43(28-23-37)53(44-29-31-52-48(34-44)46-15-7-9-17-51(46)55-52)42-25-20-36(21-26-42)39-19-18-35-10-4-5-11-38(35)32-39/h1-34H. The van der Waals surface area contributed by atoms with Crippen molar-refractivity contribution in [3.63, 3.8) is 0 Å². The number of para-hydroxylation sites is 2. The average molecular weight is 719 g/mol. The summed E-state index contributed by atoms with van der Waals surface area (Å²) in [6, 6.07) is 75.2. The Labute approximate surface area is 323 Å². The van der Waals surface area contributed by atoms with Gasteiger partial charge in [-0.25, -0.2) is 0 Å². The Kier molecular flexibility index (Phi) is 7.39. The lowest BCUT2D eigenvalue weighted by Gasteiger charge is -2.26. The number of thiophene rings is 1. The van der Waals surface area contributed by atoms with Crippen LogP contribution in [0, 0.1) is 0 Å². The molecule has 11 aromatic rings. The number of fused-ring (bicyclic) bond motifs is 7. The summed E-state index contributed by atoms with van der Waals surface area (Å²) in [4.78, 5) is 2.39. The van der Waals surface area contributed by atoms with Gasteiger partial charge in [-0.3, -0.25) is 0 Å². The van der Waals surface area contributed by atoms with E-state index >= 15 is 0 Å². The van der Waals surface area contributed by atoms with Crippen molar-refractivity contribution in [2.24, 2.45) is 0 Å². The highest BCUT2D eigenvalue weighted by Gasteiger charge is 2.17. The van der Waals surface area contributed by atoms with Crippen LogP contribution < -0.4 is 4.90 Å². The Bertz CT molecular complexity index is 3190. The van der Waals surface area contributed by atoms with Gasteiger partial charge in [0, 0.05) is 53.7 Å². The van der Waals surface area contributed by atoms with Gasteiger partial charge in [0.1, 0.15) is 0 Å². The lowest BCUT2D eigenvalue weighted by Crippen LogP contribution is -2.09. The number of nitrogens with zero attached hydrogens (tertiary/aromatic N) is 2. The van der Waals surface area contributed by atoms with Crippen LogP contribution in [0.1, 0.15) is 0 Å². The van der Waals surface area contributed by atoms with Crippen molar-refractivity contribution in [2.75, 3.05) is 4.90 Å². The minimum Gasteiger partial charge on any atom is -0.310 e. The Morgan fingerprint density at radius 3 is 1.67 bits per heavy atom. The molecular formula is C52H34N2S. The van der Waals surface area contributed by atoms with Crippen LogP contribution in [0.3, 0.4) is 0 Å². The first-order chi connectivity index (χ1) is 27.2. The van der Waals surface area contributed by atoms with Crippen molar-refractivity contribution in [1.29, 1.82) is 0 Å². The van der Waals surface area contributed by atoms with Gasteiger partial charge in [-0.15, -0.1) is 11.3 Å². The summed E-state index contributed by atoms with van der Waals surface area (Å²) in [7, 11) is 0. The molecule has 0 aliphatic carbocycles. The van der Waals surface area contributed by atoms with Crippen LogP contribution in [0.4, 0.5) is 17.1 Å². The zero-order valence-corrected chi connectivity index (χ0v) is 30.7. The fourth-order valence-electron chi connectivity index (χ4n) is 8.28. The predicted octanol–water partition coefficient (Wildman–Crippen LogP) is 15.1. The third-order valence-corrected chi connectivity index (χ3v) is 12.1. The fraction of sp³-hybridized carbons (Fsp3) is 0. The average Bonchev–Trinajstić information content (AvgIpc) is 3.80. The summed E-state index contributed by atoms with van der Waals surface area (Å²) in [6.07, 6.45) is 0. The van der Waals surface area contributed by atoms with Gasteiger partial charge in [0.2, 0.25) is 0 Å². The summed E-state index contributed by atoms with van der Waals surface area (Å²) in [5, 5.41) is 7.61. The maximum atomic E-state index is 2.39. The van der Waals surface area contributed by atoms with E-state index in [1.807, 2.05) is 11.3 Å². The molecule has 0 unspecified atom stereocenters. The van der Waals surface area contributed by atoms with Crippen molar-refractivity contribution < 1.29 is 0 Å². The highest BCUT2D eigenvalue weighted by atomic mass is 32.1. The summed E-state index contributed by atoms with van der Waals surface area (Å²) in [6.45, 7) is 0. The Balaban J connectivity index is 1.01. The third-order valence-electron chi connectivity index (χ3n) is 11.0. The van der Waals surface area contributed by atoms with E-state index in [-0.39, 0.29) is 0 Å². The van der Waals surface area contributed by atoms with Crippen molar-refractivity contribution in [1.82, 2.24) is 4.57 Å². The number of aromatic nitrogens is 1. The molecule has 2 nitrogen and oxygen atoms in total. The lowest BCUT2D eigenvalue weighted by molar-refractivity contribution is 1.18. The van der Waals surface area contributed by atoms with Crippen LogP contribution in [0.15, 0.2) is 206 Å².